The molecule has 3 aromatic rings. The molecule has 0 bridgehead atoms. The molecule has 0 aliphatic rings. The van der Waals surface area contributed by atoms with E-state index < -0.39 is 4.92 Å². The lowest BCUT2D eigenvalue weighted by Crippen LogP contribution is -2.25. The van der Waals surface area contributed by atoms with Gasteiger partial charge in [0.2, 0.25) is 0 Å². The van der Waals surface area contributed by atoms with E-state index in [0.29, 0.717) is 26.5 Å². The molecule has 25 heavy (non-hydrogen) atoms. The van der Waals surface area contributed by atoms with E-state index >= 15 is 0 Å². The second-order valence-electron chi connectivity index (χ2n) is 5.55. The standard InChI is InChI=1S/C16H15ClN4O3S/c1-3-20-9-10(7-18-20)8-19(2)16(22)15-14(17)12-5-4-11(21(23)24)6-13(12)25-15/h4-7,9H,3,8H2,1-2H3. The zero-order valence-corrected chi connectivity index (χ0v) is 15.2. The topological polar surface area (TPSA) is 81.3 Å². The van der Waals surface area contributed by atoms with Crippen LogP contribution in [0.5, 0.6) is 0 Å². The van der Waals surface area contributed by atoms with Gasteiger partial charge in [-0.1, -0.05) is 11.6 Å². The van der Waals surface area contributed by atoms with Crippen molar-refractivity contribution >= 4 is 44.6 Å². The maximum atomic E-state index is 12.7. The normalized spacial score (nSPS) is 11.0. The van der Waals surface area contributed by atoms with Crippen molar-refractivity contribution in [3.8, 4) is 0 Å². The Balaban J connectivity index is 1.87. The van der Waals surface area contributed by atoms with E-state index in [4.69, 9.17) is 11.6 Å². The number of nitrogens with zero attached hydrogens (tertiary/aromatic N) is 4. The molecule has 1 aromatic carbocycles. The third-order valence-corrected chi connectivity index (χ3v) is 5.44. The maximum absolute atomic E-state index is 12.7. The quantitative estimate of drug-likeness (QED) is 0.497. The number of fused-ring (bicyclic) bond motifs is 1. The third kappa shape index (κ3) is 3.35. The van der Waals surface area contributed by atoms with E-state index in [2.05, 4.69) is 5.10 Å². The maximum Gasteiger partial charge on any atom is 0.270 e. The molecule has 3 rings (SSSR count). The number of non-ortho nitro benzene ring substituents is 1. The largest absolute Gasteiger partial charge is 0.337 e. The van der Waals surface area contributed by atoms with Crippen molar-refractivity contribution in [2.45, 2.75) is 20.0 Å². The van der Waals surface area contributed by atoms with Crippen LogP contribution in [0.4, 0.5) is 5.69 Å². The summed E-state index contributed by atoms with van der Waals surface area (Å²) in [5.41, 5.74) is 0.898. The fraction of sp³-hybridized carbons (Fsp3) is 0.250. The molecule has 7 nitrogen and oxygen atoms in total. The van der Waals surface area contributed by atoms with Crippen molar-refractivity contribution in [1.29, 1.82) is 0 Å². The Morgan fingerprint density at radius 2 is 2.24 bits per heavy atom. The van der Waals surface area contributed by atoms with Crippen LogP contribution in [0.15, 0.2) is 30.6 Å². The Kier molecular flexibility index (Phi) is 4.73. The molecular formula is C16H15ClN4O3S. The second-order valence-corrected chi connectivity index (χ2v) is 6.98. The van der Waals surface area contributed by atoms with Crippen LogP contribution < -0.4 is 0 Å². The van der Waals surface area contributed by atoms with Crippen molar-refractivity contribution < 1.29 is 9.72 Å². The average molecular weight is 379 g/mol. The number of carbonyl (C=O) groups is 1. The van der Waals surface area contributed by atoms with Crippen molar-refractivity contribution in [3.63, 3.8) is 0 Å². The van der Waals surface area contributed by atoms with Crippen LogP contribution >= 0.6 is 22.9 Å². The summed E-state index contributed by atoms with van der Waals surface area (Å²) in [5, 5.41) is 16.1. The highest BCUT2D eigenvalue weighted by Crippen LogP contribution is 2.37. The van der Waals surface area contributed by atoms with Crippen LogP contribution in [-0.4, -0.2) is 32.6 Å². The van der Waals surface area contributed by atoms with E-state index in [1.807, 2.05) is 13.1 Å². The predicted octanol–water partition coefficient (Wildman–Crippen LogP) is 3.95. The molecule has 130 valence electrons. The molecule has 2 heterocycles. The Hall–Kier alpha value is -2.45. The number of amides is 1. The minimum absolute atomic E-state index is 0.0234. The van der Waals surface area contributed by atoms with Gasteiger partial charge >= 0.3 is 0 Å². The highest BCUT2D eigenvalue weighted by Gasteiger charge is 2.22. The molecular weight excluding hydrogens is 364 g/mol. The molecule has 2 aromatic heterocycles. The van der Waals surface area contributed by atoms with Crippen LogP contribution in [-0.2, 0) is 13.1 Å². The van der Waals surface area contributed by atoms with Gasteiger partial charge in [-0.3, -0.25) is 19.6 Å². The summed E-state index contributed by atoms with van der Waals surface area (Å²) in [6, 6.07) is 4.40. The molecule has 0 radical (unpaired) electrons. The Labute approximate surface area is 152 Å². The van der Waals surface area contributed by atoms with E-state index in [1.165, 1.54) is 12.1 Å². The van der Waals surface area contributed by atoms with E-state index in [9.17, 15) is 14.9 Å². The molecule has 0 saturated carbocycles. The smallest absolute Gasteiger partial charge is 0.270 e. The predicted molar refractivity (Wildman–Crippen MR) is 97.2 cm³/mol. The van der Waals surface area contributed by atoms with Crippen LogP contribution in [0.25, 0.3) is 10.1 Å². The summed E-state index contributed by atoms with van der Waals surface area (Å²) >= 11 is 7.50. The first kappa shape index (κ1) is 17.4. The fourth-order valence-electron chi connectivity index (χ4n) is 2.48. The van der Waals surface area contributed by atoms with Gasteiger partial charge in [0.05, 0.1) is 16.1 Å². The summed E-state index contributed by atoms with van der Waals surface area (Å²) in [6.07, 6.45) is 3.61. The fourth-order valence-corrected chi connectivity index (χ4v) is 4.02. The number of hydrogen-bond acceptors (Lipinski definition) is 5. The Morgan fingerprint density at radius 1 is 1.48 bits per heavy atom. The van der Waals surface area contributed by atoms with Gasteiger partial charge in [-0.05, 0) is 13.0 Å². The van der Waals surface area contributed by atoms with Crippen LogP contribution in [0.3, 0.4) is 0 Å². The molecule has 0 unspecified atom stereocenters. The van der Waals surface area contributed by atoms with Gasteiger partial charge < -0.3 is 4.90 Å². The molecule has 9 heteroatoms. The van der Waals surface area contributed by atoms with E-state index in [-0.39, 0.29) is 11.6 Å². The van der Waals surface area contributed by atoms with Gasteiger partial charge in [0.25, 0.3) is 11.6 Å². The third-order valence-electron chi connectivity index (χ3n) is 3.80. The summed E-state index contributed by atoms with van der Waals surface area (Å²) < 4.78 is 2.41. The number of rotatable bonds is 5. The number of aryl methyl sites for hydroxylation is 1. The highest BCUT2D eigenvalue weighted by atomic mass is 35.5. The van der Waals surface area contributed by atoms with E-state index in [0.717, 1.165) is 23.4 Å². The minimum atomic E-state index is -0.466. The first-order valence-electron chi connectivity index (χ1n) is 7.54. The molecule has 0 N–H and O–H groups in total. The van der Waals surface area contributed by atoms with Crippen molar-refractivity contribution in [2.75, 3.05) is 7.05 Å². The van der Waals surface area contributed by atoms with Crippen LogP contribution in [0.1, 0.15) is 22.2 Å². The minimum Gasteiger partial charge on any atom is -0.337 e. The van der Waals surface area contributed by atoms with Gasteiger partial charge in [-0.25, -0.2) is 0 Å². The highest BCUT2D eigenvalue weighted by molar-refractivity contribution is 7.21. The van der Waals surface area contributed by atoms with E-state index in [1.54, 1.807) is 28.9 Å². The lowest BCUT2D eigenvalue weighted by Gasteiger charge is -2.15. The molecule has 1 amide bonds. The van der Waals surface area contributed by atoms with Gasteiger partial charge in [-0.15, -0.1) is 11.3 Å². The molecule has 0 fully saturated rings. The number of aromatic nitrogens is 2. The Bertz CT molecular complexity index is 966. The lowest BCUT2D eigenvalue weighted by atomic mass is 10.2. The number of benzene rings is 1. The van der Waals surface area contributed by atoms with Crippen molar-refractivity contribution in [2.24, 2.45) is 0 Å². The number of carbonyl (C=O) groups excluding carboxylic acids is 1. The SMILES string of the molecule is CCn1cc(CN(C)C(=O)c2sc3cc([N+](=O)[O-])ccc3c2Cl)cn1. The first-order chi connectivity index (χ1) is 11.9. The monoisotopic (exact) mass is 378 g/mol. The van der Waals surface area contributed by atoms with Gasteiger partial charge in [0.15, 0.2) is 0 Å². The lowest BCUT2D eigenvalue weighted by molar-refractivity contribution is -0.384. The molecule has 0 aliphatic heterocycles. The van der Waals surface area contributed by atoms with Gasteiger partial charge in [0, 0.05) is 54.1 Å². The van der Waals surface area contributed by atoms with Crippen molar-refractivity contribution in [1.82, 2.24) is 14.7 Å². The molecule has 0 saturated heterocycles. The zero-order valence-electron chi connectivity index (χ0n) is 13.6. The summed E-state index contributed by atoms with van der Waals surface area (Å²) in [6.45, 7) is 3.16. The molecule has 0 spiro atoms. The number of nitro benzene ring substituents is 1. The second kappa shape index (κ2) is 6.81. The van der Waals surface area contributed by atoms with Gasteiger partial charge in [0.1, 0.15) is 4.88 Å². The average Bonchev–Trinajstić information content (AvgIpc) is 3.18. The number of thiophene rings is 1. The Morgan fingerprint density at radius 3 is 2.88 bits per heavy atom. The number of halogens is 1. The molecule has 0 aliphatic carbocycles. The first-order valence-corrected chi connectivity index (χ1v) is 8.73. The summed E-state index contributed by atoms with van der Waals surface area (Å²) in [5.74, 6) is -0.224. The number of nitro groups is 1. The summed E-state index contributed by atoms with van der Waals surface area (Å²) in [7, 11) is 1.69. The van der Waals surface area contributed by atoms with Crippen molar-refractivity contribution in [3.05, 3.63) is 56.2 Å². The van der Waals surface area contributed by atoms with Crippen LogP contribution in [0, 0.1) is 10.1 Å². The summed E-state index contributed by atoms with van der Waals surface area (Å²) in [4.78, 5) is 25.1. The molecule has 0 atom stereocenters. The zero-order chi connectivity index (χ0) is 18.1. The van der Waals surface area contributed by atoms with Gasteiger partial charge in [-0.2, -0.15) is 5.10 Å². The van der Waals surface area contributed by atoms with Crippen LogP contribution in [0.2, 0.25) is 5.02 Å². The number of hydrogen-bond donors (Lipinski definition) is 0.